The average molecular weight is 192 g/mol. The molecule has 70 valence electrons. The van der Waals surface area contributed by atoms with Gasteiger partial charge in [-0.1, -0.05) is 13.2 Å². The van der Waals surface area contributed by atoms with Crippen molar-refractivity contribution in [1.29, 1.82) is 0 Å². The molecule has 0 aromatic rings. The van der Waals surface area contributed by atoms with Gasteiger partial charge in [0.2, 0.25) is 0 Å². The maximum Gasteiger partial charge on any atom is 0.527 e. The van der Waals surface area contributed by atoms with Crippen molar-refractivity contribution in [2.24, 2.45) is 0 Å². The summed E-state index contributed by atoms with van der Waals surface area (Å²) in [6, 6.07) is 0. The second-order valence-corrected chi connectivity index (χ2v) is 4.29. The Balaban J connectivity index is 4.36. The monoisotopic (exact) mass is 192 g/mol. The highest BCUT2D eigenvalue weighted by Crippen LogP contribution is 2.29. The van der Waals surface area contributed by atoms with Gasteiger partial charge in [-0.3, -0.25) is 9.42 Å². The predicted molar refractivity (Wildman–Crippen MR) is 47.9 cm³/mol. The fraction of sp³-hybridized carbons (Fsp3) is 0.429. The van der Waals surface area contributed by atoms with E-state index in [1.165, 1.54) is 7.11 Å². The standard InChI is InChI=1S/C7H14NO3P/c1-4-6-8(7-5-2)12(9,10)11-3/h4-5H,1-2,6-7H2,3H3,(H,9,10)/p+1. The predicted octanol–water partition coefficient (Wildman–Crippen LogP) is -0.00990. The summed E-state index contributed by atoms with van der Waals surface area (Å²) in [6.45, 7) is 7.74. The molecule has 5 heteroatoms. The molecule has 0 aliphatic carbocycles. The molecule has 0 saturated carbocycles. The molecule has 0 saturated heterocycles. The first-order chi connectivity index (χ1) is 5.58. The number of hydrogen-bond donors (Lipinski definition) is 2. The van der Waals surface area contributed by atoms with Crippen molar-refractivity contribution in [3.05, 3.63) is 25.3 Å². The first-order valence-electron chi connectivity index (χ1n) is 3.54. The molecule has 1 unspecified atom stereocenters. The van der Waals surface area contributed by atoms with Gasteiger partial charge in [0.05, 0.1) is 7.11 Å². The minimum absolute atomic E-state index is 0.383. The fourth-order valence-electron chi connectivity index (χ4n) is 0.776. The van der Waals surface area contributed by atoms with Crippen LogP contribution in [0.3, 0.4) is 0 Å². The van der Waals surface area contributed by atoms with Crippen LogP contribution in [-0.4, -0.2) is 25.1 Å². The Kier molecular flexibility index (Phi) is 5.09. The van der Waals surface area contributed by atoms with Crippen LogP contribution >= 0.6 is 7.75 Å². The van der Waals surface area contributed by atoms with E-state index in [1.54, 1.807) is 12.2 Å². The highest BCUT2D eigenvalue weighted by molar-refractivity contribution is 7.45. The van der Waals surface area contributed by atoms with Crippen LogP contribution in [-0.2, 0) is 9.09 Å². The van der Waals surface area contributed by atoms with Crippen molar-refractivity contribution in [1.82, 2.24) is 0 Å². The molecule has 2 N–H and O–H groups in total. The summed E-state index contributed by atoms with van der Waals surface area (Å²) in [5.74, 6) is 0. The van der Waals surface area contributed by atoms with Gasteiger partial charge in [0.1, 0.15) is 13.1 Å². The van der Waals surface area contributed by atoms with Gasteiger partial charge in [-0.05, 0) is 12.2 Å². The lowest BCUT2D eigenvalue weighted by Crippen LogP contribution is -3.07. The second kappa shape index (κ2) is 5.27. The van der Waals surface area contributed by atoms with Crippen molar-refractivity contribution < 1.29 is 18.7 Å². The molecule has 0 aromatic carbocycles. The molecule has 0 rings (SSSR count). The fourth-order valence-corrected chi connectivity index (χ4v) is 1.75. The quantitative estimate of drug-likeness (QED) is 0.459. The van der Waals surface area contributed by atoms with Crippen LogP contribution in [0.4, 0.5) is 0 Å². The first kappa shape index (κ1) is 11.6. The highest BCUT2D eigenvalue weighted by Gasteiger charge is 2.31. The third kappa shape index (κ3) is 3.32. The molecule has 0 aromatic heterocycles. The Hall–Kier alpha value is -0.410. The van der Waals surface area contributed by atoms with Crippen LogP contribution in [0.1, 0.15) is 0 Å². The van der Waals surface area contributed by atoms with E-state index in [-0.39, 0.29) is 0 Å². The third-order valence-corrected chi connectivity index (χ3v) is 3.07. The third-order valence-electron chi connectivity index (χ3n) is 1.41. The first-order valence-corrected chi connectivity index (χ1v) is 5.11. The molecule has 0 aliphatic heterocycles. The zero-order valence-electron chi connectivity index (χ0n) is 7.19. The van der Waals surface area contributed by atoms with Gasteiger partial charge in [0.15, 0.2) is 0 Å². The van der Waals surface area contributed by atoms with Crippen molar-refractivity contribution in [3.8, 4) is 0 Å². The minimum Gasteiger partial charge on any atom is -0.279 e. The Morgan fingerprint density at radius 1 is 1.50 bits per heavy atom. The van der Waals surface area contributed by atoms with Crippen LogP contribution in [0.2, 0.25) is 0 Å². The van der Waals surface area contributed by atoms with E-state index in [0.717, 1.165) is 0 Å². The van der Waals surface area contributed by atoms with E-state index in [1.807, 2.05) is 0 Å². The van der Waals surface area contributed by atoms with Crippen LogP contribution in [0.25, 0.3) is 0 Å². The zero-order chi connectivity index (χ0) is 9.61. The number of nitrogens with one attached hydrogen (secondary N) is 1. The lowest BCUT2D eigenvalue weighted by Gasteiger charge is -2.18. The lowest BCUT2D eigenvalue weighted by molar-refractivity contribution is -0.772. The van der Waals surface area contributed by atoms with Gasteiger partial charge in [0, 0.05) is 0 Å². The number of hydrogen-bond acceptors (Lipinski definition) is 2. The maximum atomic E-state index is 11.3. The van der Waals surface area contributed by atoms with Gasteiger partial charge >= 0.3 is 7.75 Å². The van der Waals surface area contributed by atoms with E-state index >= 15 is 0 Å². The van der Waals surface area contributed by atoms with E-state index < -0.39 is 7.75 Å². The summed E-state index contributed by atoms with van der Waals surface area (Å²) in [7, 11) is -2.33. The van der Waals surface area contributed by atoms with Gasteiger partial charge < -0.3 is 0 Å². The van der Waals surface area contributed by atoms with Gasteiger partial charge in [-0.15, -0.1) is 0 Å². The molecule has 0 bridgehead atoms. The van der Waals surface area contributed by atoms with Gasteiger partial charge in [-0.2, -0.15) is 0 Å². The summed E-state index contributed by atoms with van der Waals surface area (Å²) < 4.78 is 16.2. The van der Waals surface area contributed by atoms with Crippen molar-refractivity contribution >= 4 is 7.75 Å². The maximum absolute atomic E-state index is 11.3. The normalized spacial score (nSPS) is 15.6. The Morgan fingerprint density at radius 3 is 2.17 bits per heavy atom. The summed E-state index contributed by atoms with van der Waals surface area (Å²) in [5, 5.41) is 0. The topological polar surface area (TPSA) is 51.0 Å². The second-order valence-electron chi connectivity index (χ2n) is 2.25. The molecule has 4 nitrogen and oxygen atoms in total. The van der Waals surface area contributed by atoms with Crippen molar-refractivity contribution in [3.63, 3.8) is 0 Å². The van der Waals surface area contributed by atoms with Crippen molar-refractivity contribution in [2.75, 3.05) is 20.2 Å². The minimum atomic E-state index is -3.54. The SMILES string of the molecule is C=CC[NH+](CC=C)P(=O)(O)OC. The van der Waals surface area contributed by atoms with Crippen molar-refractivity contribution in [2.45, 2.75) is 0 Å². The molecule has 0 fully saturated rings. The Morgan fingerprint density at radius 2 is 1.92 bits per heavy atom. The molecule has 0 spiro atoms. The molecule has 0 amide bonds. The van der Waals surface area contributed by atoms with Crippen LogP contribution in [0.15, 0.2) is 25.3 Å². The van der Waals surface area contributed by atoms with Crippen LogP contribution in [0.5, 0.6) is 0 Å². The summed E-state index contributed by atoms with van der Waals surface area (Å²) in [5.41, 5.74) is 0. The van der Waals surface area contributed by atoms with E-state index in [2.05, 4.69) is 17.7 Å². The van der Waals surface area contributed by atoms with Crippen LogP contribution in [0, 0.1) is 0 Å². The summed E-state index contributed by atoms with van der Waals surface area (Å²) in [6.07, 6.45) is 3.14. The lowest BCUT2D eigenvalue weighted by atomic mass is 10.5. The smallest absolute Gasteiger partial charge is 0.279 e. The van der Waals surface area contributed by atoms with E-state index in [0.29, 0.717) is 17.8 Å². The average Bonchev–Trinajstić information content (AvgIpc) is 2.04. The highest BCUT2D eigenvalue weighted by atomic mass is 31.2. The van der Waals surface area contributed by atoms with Gasteiger partial charge in [0.25, 0.3) is 0 Å². The molecule has 1 atom stereocenters. The van der Waals surface area contributed by atoms with E-state index in [4.69, 9.17) is 0 Å². The largest absolute Gasteiger partial charge is 0.527 e. The number of quaternary nitrogens is 1. The van der Waals surface area contributed by atoms with E-state index in [9.17, 15) is 9.46 Å². The Bertz CT molecular complexity index is 195. The van der Waals surface area contributed by atoms with Gasteiger partial charge in [-0.25, -0.2) is 9.24 Å². The summed E-state index contributed by atoms with van der Waals surface area (Å²) >= 11 is 0. The number of rotatable bonds is 6. The molecule has 0 heterocycles. The molecule has 0 radical (unpaired) electrons. The molecule has 12 heavy (non-hydrogen) atoms. The Labute approximate surface area is 72.7 Å². The summed E-state index contributed by atoms with van der Waals surface area (Å²) in [4.78, 5) is 9.25. The molecular weight excluding hydrogens is 177 g/mol. The zero-order valence-corrected chi connectivity index (χ0v) is 8.09. The van der Waals surface area contributed by atoms with Crippen LogP contribution < -0.4 is 4.67 Å². The molecule has 0 aliphatic rings. The molecular formula is C7H15NO3P+.